The van der Waals surface area contributed by atoms with Crippen LogP contribution in [0.5, 0.6) is 0 Å². The number of H-pyrrole nitrogens is 2. The van der Waals surface area contributed by atoms with Gasteiger partial charge < -0.3 is 9.97 Å². The smallest absolute Gasteiger partial charge is 0.324 e. The Labute approximate surface area is 333 Å². The highest BCUT2D eigenvalue weighted by atomic mass is 35.6. The minimum absolute atomic E-state index is 0.0243. The fourth-order valence-corrected chi connectivity index (χ4v) is 7.97. The number of nitrogens with one attached hydrogen (secondary N) is 2. The lowest BCUT2D eigenvalue weighted by molar-refractivity contribution is 1.19. The van der Waals surface area contributed by atoms with E-state index in [0.29, 0.717) is 44.8 Å². The van der Waals surface area contributed by atoms with Gasteiger partial charge in [0.15, 0.2) is 23.3 Å². The van der Waals surface area contributed by atoms with Crippen molar-refractivity contribution >= 4 is 162 Å². The van der Waals surface area contributed by atoms with Crippen molar-refractivity contribution in [3.63, 3.8) is 0 Å². The van der Waals surface area contributed by atoms with Crippen molar-refractivity contribution in [3.05, 3.63) is 88.7 Å². The van der Waals surface area contributed by atoms with Crippen LogP contribution in [0.25, 0.3) is 89.7 Å². The van der Waals surface area contributed by atoms with Crippen molar-refractivity contribution < 1.29 is 0 Å². The van der Waals surface area contributed by atoms with Crippen LogP contribution in [-0.4, -0.2) is 55.2 Å². The van der Waals surface area contributed by atoms with Gasteiger partial charge in [0, 0.05) is 21.9 Å². The van der Waals surface area contributed by atoms with Gasteiger partial charge in [0.1, 0.15) is 22.6 Å². The molecule has 0 fully saturated rings. The normalized spacial score (nSPS) is 11.8. The Bertz CT molecular complexity index is 2800. The number of halogens is 9. The van der Waals surface area contributed by atoms with Crippen molar-refractivity contribution in [1.29, 1.82) is 0 Å². The van der Waals surface area contributed by atoms with E-state index in [1.165, 1.54) is 0 Å². The van der Waals surface area contributed by atoms with Crippen LogP contribution in [0.2, 0.25) is 40.2 Å². The Morgan fingerprint density at radius 3 is 1.20 bits per heavy atom. The molecule has 0 aliphatic carbocycles. The molecule has 18 heteroatoms. The van der Waals surface area contributed by atoms with Gasteiger partial charge in [-0.3, -0.25) is 10.0 Å². The van der Waals surface area contributed by atoms with E-state index in [4.69, 9.17) is 133 Å². The first kappa shape index (κ1) is 34.5. The molecule has 4 aromatic carbocycles. The number of aromatic nitrogens is 8. The van der Waals surface area contributed by atoms with Crippen LogP contribution < -0.4 is 0 Å². The number of rotatable bonds is 0. The van der Waals surface area contributed by atoms with Gasteiger partial charge in [0.2, 0.25) is 0 Å². The maximum Gasteiger partial charge on any atom is 0.353 e. The van der Waals surface area contributed by atoms with E-state index < -0.39 is 0 Å². The highest BCUT2D eigenvalue weighted by molar-refractivity contribution is 6.80. The predicted molar refractivity (Wildman–Crippen MR) is 211 cm³/mol. The van der Waals surface area contributed by atoms with Crippen LogP contribution in [0.4, 0.5) is 0 Å². The zero-order valence-electron chi connectivity index (χ0n) is 24.7. The second kappa shape index (κ2) is 13.1. The van der Waals surface area contributed by atoms with Gasteiger partial charge in [-0.1, -0.05) is 141 Å². The predicted octanol–water partition coefficient (Wildman–Crippen LogP) is 11.9. The molecule has 2 aliphatic heterocycles. The first-order valence-electron chi connectivity index (χ1n) is 14.2. The third-order valence-corrected chi connectivity index (χ3v) is 11.7. The molecule has 0 atom stereocenters. The van der Waals surface area contributed by atoms with Crippen molar-refractivity contribution in [2.24, 2.45) is 0 Å². The Kier molecular flexibility index (Phi) is 9.03. The van der Waals surface area contributed by atoms with Gasteiger partial charge in [-0.05, 0) is 0 Å². The zero-order valence-corrected chi connectivity index (χ0v) is 33.5. The number of hydrogen-bond acceptors (Lipinski definition) is 6. The molecule has 8 nitrogen and oxygen atoms in total. The lowest BCUT2D eigenvalue weighted by Crippen LogP contribution is -1.88. The topological polar surface area (TPSA) is 109 Å². The van der Waals surface area contributed by atoms with E-state index in [1.54, 1.807) is 0 Å². The molecule has 0 radical (unpaired) electrons. The van der Waals surface area contributed by atoms with E-state index in [1.807, 2.05) is 48.5 Å². The molecule has 50 heavy (non-hydrogen) atoms. The quantitative estimate of drug-likeness (QED) is 0.0893. The summed E-state index contributed by atoms with van der Waals surface area (Å²) in [4.78, 5) is 35.8. The number of aromatic amines is 2. The van der Waals surface area contributed by atoms with E-state index >= 15 is 0 Å². The Morgan fingerprint density at radius 2 is 0.720 bits per heavy atom. The maximum atomic E-state index is 6.82. The molecule has 0 saturated carbocycles. The summed E-state index contributed by atoms with van der Waals surface area (Å²) in [5, 5.41) is 2.75. The van der Waals surface area contributed by atoms with E-state index in [2.05, 4.69) is 9.97 Å². The number of hydrogen-bond donors (Lipinski definition) is 2. The molecule has 0 unspecified atom stereocenters. The molecule has 0 saturated heterocycles. The van der Waals surface area contributed by atoms with E-state index in [9.17, 15) is 0 Å². The highest BCUT2D eigenvalue weighted by Gasteiger charge is 2.31. The third-order valence-electron chi connectivity index (χ3n) is 8.07. The molecule has 5 heterocycles. The SMILES string of the molecule is Clc1c(Cl)c(Cl)c2c(c1Cl)-c1nc-2nc2[nH]c(nc3nc(nc4[nH]c(n1)c1ccccc41)-c1ccccc1-3)c1c(Cl)c(Cl)c(Cl)c(Cl)c21.[AlH2][Cl]. The summed E-state index contributed by atoms with van der Waals surface area (Å²) in [6.07, 6.45) is 0. The summed E-state index contributed by atoms with van der Waals surface area (Å²) >= 11 is 54.2. The average Bonchev–Trinajstić information content (AvgIpc) is 3.87. The summed E-state index contributed by atoms with van der Waals surface area (Å²) in [6, 6.07) is 15.3. The molecule has 0 spiro atoms. The van der Waals surface area contributed by atoms with Crippen LogP contribution >= 0.6 is 103 Å². The van der Waals surface area contributed by atoms with Crippen LogP contribution in [0.3, 0.4) is 0 Å². The number of nitrogens with zero attached hydrogens (tertiary/aromatic N) is 6. The first-order valence-corrected chi connectivity index (χ1v) is 20.3. The van der Waals surface area contributed by atoms with Crippen LogP contribution in [0, 0.1) is 0 Å². The van der Waals surface area contributed by atoms with Gasteiger partial charge in [-0.15, -0.1) is 0 Å². The summed E-state index contributed by atoms with van der Waals surface area (Å²) in [7, 11) is 4.78. The second-order valence-electron chi connectivity index (χ2n) is 10.7. The molecule has 8 bridgehead atoms. The van der Waals surface area contributed by atoms with Gasteiger partial charge in [0.25, 0.3) is 0 Å². The Balaban J connectivity index is 0.00000177. The molecule has 0 amide bonds. The lowest BCUT2D eigenvalue weighted by atomic mass is 10.1. The van der Waals surface area contributed by atoms with Gasteiger partial charge in [-0.25, -0.2) is 29.9 Å². The number of benzene rings is 4. The first-order chi connectivity index (χ1) is 24.1. The van der Waals surface area contributed by atoms with Crippen molar-refractivity contribution in [3.8, 4) is 45.6 Å². The Morgan fingerprint density at radius 1 is 0.380 bits per heavy atom. The molecular weight excluding hydrogens is 842 g/mol. The minimum Gasteiger partial charge on any atom is -0.324 e. The molecule has 246 valence electrons. The highest BCUT2D eigenvalue weighted by Crippen LogP contribution is 2.51. The molecule has 2 aliphatic rings. The molecule has 9 rings (SSSR count). The molecule has 7 aromatic rings. The Hall–Kier alpha value is -2.62. The number of fused-ring (bicyclic) bond motifs is 20. The largest absolute Gasteiger partial charge is 0.353 e. The van der Waals surface area contributed by atoms with E-state index in [0.717, 1.165) is 37.3 Å². The van der Waals surface area contributed by atoms with Crippen LogP contribution in [0.1, 0.15) is 0 Å². The van der Waals surface area contributed by atoms with Crippen molar-refractivity contribution in [2.45, 2.75) is 0 Å². The van der Waals surface area contributed by atoms with Gasteiger partial charge in [-0.2, -0.15) is 0 Å². The van der Waals surface area contributed by atoms with Crippen LogP contribution in [0.15, 0.2) is 48.5 Å². The summed E-state index contributed by atoms with van der Waals surface area (Å²) in [5.74, 6) is 1.07. The van der Waals surface area contributed by atoms with Crippen molar-refractivity contribution in [2.75, 3.05) is 0 Å². The molecule has 2 N–H and O–H groups in total. The van der Waals surface area contributed by atoms with Gasteiger partial charge >= 0.3 is 15.4 Å². The minimum atomic E-state index is 0.0243. The third kappa shape index (κ3) is 5.18. The summed E-state index contributed by atoms with van der Waals surface area (Å²) < 4.78 is 0. The second-order valence-corrected chi connectivity index (χ2v) is 13.7. The monoisotopic (exact) mass is 850 g/mol. The molecular formula is C32H12AlCl9N8. The zero-order chi connectivity index (χ0) is 35.2. The van der Waals surface area contributed by atoms with Gasteiger partial charge in [0.05, 0.1) is 62.1 Å². The fraction of sp³-hybridized carbons (Fsp3) is 0. The lowest BCUT2D eigenvalue weighted by Gasteiger charge is -2.09. The van der Waals surface area contributed by atoms with Crippen LogP contribution in [-0.2, 0) is 0 Å². The summed E-state index contributed by atoms with van der Waals surface area (Å²) in [5.41, 5.74) is 3.56. The average molecular weight is 855 g/mol. The fourth-order valence-electron chi connectivity index (χ4n) is 5.91. The maximum absolute atomic E-state index is 6.82. The van der Waals surface area contributed by atoms with E-state index in [-0.39, 0.29) is 63.1 Å². The standard InChI is InChI=1S/C32H10Cl8N8.Al.ClH.2H/c33-17-13-15(19(35)23(39)21(17)37)31-46-29(13)44-27-11-7-3-1-5-9(11)25(42-27)41-26-10-6-2-4-8-12(10)28(43-26)45-30-14-16(32(47-30)48-31)20(36)24(40)22(38)18(14)34;;;;/h1-8H,(H2,41,42,43,44,45,46,47,48);;1H;;/q;+1;;;/p-1. The van der Waals surface area contributed by atoms with Crippen molar-refractivity contribution in [1.82, 2.24) is 39.9 Å². The molecule has 3 aromatic heterocycles. The summed E-state index contributed by atoms with van der Waals surface area (Å²) in [6.45, 7) is 0.